The number of alkyl halides is 3. The number of hydrogen-bond donors (Lipinski definition) is 0. The predicted octanol–water partition coefficient (Wildman–Crippen LogP) is 5.79. The first-order chi connectivity index (χ1) is 21.8. The minimum absolute atomic E-state index is 0.0714. The van der Waals surface area contributed by atoms with Crippen LogP contribution in [0.5, 0.6) is 5.75 Å². The molecule has 0 aliphatic carbocycles. The molecule has 0 unspecified atom stereocenters. The summed E-state index contributed by atoms with van der Waals surface area (Å²) in [7, 11) is 0. The number of nitrogens with zero attached hydrogens (tertiary/aromatic N) is 5. The van der Waals surface area contributed by atoms with Crippen molar-refractivity contribution in [1.29, 1.82) is 0 Å². The molecule has 1 aromatic heterocycles. The summed E-state index contributed by atoms with van der Waals surface area (Å²) < 4.78 is 71.8. The van der Waals surface area contributed by atoms with Crippen molar-refractivity contribution in [1.82, 2.24) is 24.7 Å². The van der Waals surface area contributed by atoms with Gasteiger partial charge in [-0.05, 0) is 61.7 Å². The first kappa shape index (κ1) is 33.0. The quantitative estimate of drug-likeness (QED) is 0.309. The van der Waals surface area contributed by atoms with Crippen LogP contribution in [0, 0.1) is 17.6 Å². The van der Waals surface area contributed by atoms with E-state index in [2.05, 4.69) is 9.97 Å². The SMILES string of the molecule is CCN(C(=O)Oc1ccc(F)cc1)[C@@H]1CN(C(=O)C2CCN(C(=O)c3cnc(C(F)(F)F)cn3)CC2)C[C@H]1c1ccc(Cl)c(F)c1. The summed E-state index contributed by atoms with van der Waals surface area (Å²) >= 11 is 5.91. The van der Waals surface area contributed by atoms with E-state index in [4.69, 9.17) is 16.3 Å². The summed E-state index contributed by atoms with van der Waals surface area (Å²) in [5.74, 6) is -2.75. The van der Waals surface area contributed by atoms with Gasteiger partial charge in [-0.3, -0.25) is 9.59 Å². The molecular formula is C31H29ClF5N5O4. The average Bonchev–Trinajstić information content (AvgIpc) is 3.48. The van der Waals surface area contributed by atoms with Crippen LogP contribution in [0.15, 0.2) is 54.9 Å². The molecule has 0 N–H and O–H groups in total. The molecule has 2 aliphatic rings. The van der Waals surface area contributed by atoms with Crippen LogP contribution >= 0.6 is 11.6 Å². The molecule has 2 aromatic carbocycles. The second-order valence-electron chi connectivity index (χ2n) is 11.0. The lowest BCUT2D eigenvalue weighted by molar-refractivity contribution is -0.141. The number of halogens is 6. The van der Waals surface area contributed by atoms with Gasteiger partial charge in [0.1, 0.15) is 23.1 Å². The van der Waals surface area contributed by atoms with Crippen molar-refractivity contribution in [3.05, 3.63) is 88.5 Å². The highest BCUT2D eigenvalue weighted by molar-refractivity contribution is 6.30. The van der Waals surface area contributed by atoms with Crippen LogP contribution < -0.4 is 4.74 Å². The van der Waals surface area contributed by atoms with Gasteiger partial charge in [-0.15, -0.1) is 0 Å². The summed E-state index contributed by atoms with van der Waals surface area (Å²) in [6, 6.07) is 8.69. The van der Waals surface area contributed by atoms with Gasteiger partial charge >= 0.3 is 12.3 Å². The largest absolute Gasteiger partial charge is 0.434 e. The number of ether oxygens (including phenoxy) is 1. The highest BCUT2D eigenvalue weighted by Gasteiger charge is 2.43. The molecule has 0 bridgehead atoms. The van der Waals surface area contributed by atoms with Crippen molar-refractivity contribution in [2.24, 2.45) is 5.92 Å². The Hall–Kier alpha value is -4.33. The van der Waals surface area contributed by atoms with Crippen molar-refractivity contribution < 1.29 is 41.1 Å². The van der Waals surface area contributed by atoms with Gasteiger partial charge in [-0.2, -0.15) is 13.2 Å². The predicted molar refractivity (Wildman–Crippen MR) is 155 cm³/mol. The lowest BCUT2D eigenvalue weighted by Crippen LogP contribution is -2.47. The summed E-state index contributed by atoms with van der Waals surface area (Å²) in [5, 5.41) is -0.0714. The van der Waals surface area contributed by atoms with E-state index in [-0.39, 0.29) is 55.1 Å². The maximum Gasteiger partial charge on any atom is 0.434 e. The van der Waals surface area contributed by atoms with E-state index in [0.717, 1.165) is 18.3 Å². The van der Waals surface area contributed by atoms with Crippen LogP contribution in [0.3, 0.4) is 0 Å². The van der Waals surface area contributed by atoms with Crippen molar-refractivity contribution in [3.63, 3.8) is 0 Å². The number of likely N-dealkylation sites (tertiary alicyclic amines) is 2. The Balaban J connectivity index is 1.28. The molecule has 46 heavy (non-hydrogen) atoms. The fourth-order valence-electron chi connectivity index (χ4n) is 5.85. The van der Waals surface area contributed by atoms with Crippen LogP contribution in [0.2, 0.25) is 5.02 Å². The van der Waals surface area contributed by atoms with Gasteiger partial charge in [0.05, 0.1) is 23.5 Å². The normalized spacial score (nSPS) is 18.8. The number of piperidine rings is 1. The van der Waals surface area contributed by atoms with Crippen LogP contribution in [0.4, 0.5) is 26.7 Å². The average molecular weight is 666 g/mol. The number of amides is 3. The fourth-order valence-corrected chi connectivity index (χ4v) is 5.97. The summed E-state index contributed by atoms with van der Waals surface area (Å²) in [6.45, 7) is 2.58. The zero-order chi connectivity index (χ0) is 33.2. The zero-order valence-corrected chi connectivity index (χ0v) is 25.3. The monoisotopic (exact) mass is 665 g/mol. The molecular weight excluding hydrogens is 637 g/mol. The van der Waals surface area contributed by atoms with Crippen molar-refractivity contribution >= 4 is 29.5 Å². The lowest BCUT2D eigenvalue weighted by Gasteiger charge is -2.33. The smallest absolute Gasteiger partial charge is 0.410 e. The number of likely N-dealkylation sites (N-methyl/N-ethyl adjacent to an activating group) is 1. The van der Waals surface area contributed by atoms with E-state index in [1.165, 1.54) is 34.1 Å². The van der Waals surface area contributed by atoms with Gasteiger partial charge in [-0.1, -0.05) is 17.7 Å². The standard InChI is InChI=1S/C31H29ClF5N5O4/c1-2-42(30(45)46-21-6-4-20(33)5-7-21)26-17-41(16-22(26)19-3-8-23(32)24(34)13-19)28(43)18-9-11-40(12-10-18)29(44)25-14-39-27(15-38-25)31(35,36)37/h3-8,13-15,18,22,26H,2,9-12,16-17H2,1H3/t22-,26+/m0/s1. The molecule has 5 rings (SSSR count). The topological polar surface area (TPSA) is 95.9 Å². The van der Waals surface area contributed by atoms with Gasteiger partial charge in [-0.25, -0.2) is 23.5 Å². The third-order valence-electron chi connectivity index (χ3n) is 8.26. The van der Waals surface area contributed by atoms with Crippen LogP contribution in [0.25, 0.3) is 0 Å². The Labute approximate surface area is 265 Å². The van der Waals surface area contributed by atoms with Gasteiger partial charge in [0.2, 0.25) is 5.91 Å². The minimum atomic E-state index is -4.68. The molecule has 3 heterocycles. The third kappa shape index (κ3) is 7.22. The Morgan fingerprint density at radius 1 is 0.978 bits per heavy atom. The molecule has 15 heteroatoms. The lowest BCUT2D eigenvalue weighted by atomic mass is 9.93. The second-order valence-corrected chi connectivity index (χ2v) is 11.5. The van der Waals surface area contributed by atoms with Crippen molar-refractivity contribution in [3.8, 4) is 5.75 Å². The van der Waals surface area contributed by atoms with Gasteiger partial charge < -0.3 is 19.4 Å². The van der Waals surface area contributed by atoms with Crippen LogP contribution in [-0.4, -0.2) is 81.3 Å². The molecule has 0 saturated carbocycles. The number of hydrogen-bond acceptors (Lipinski definition) is 6. The number of carbonyl (C=O) groups excluding carboxylic acids is 3. The van der Waals surface area contributed by atoms with E-state index >= 15 is 0 Å². The highest BCUT2D eigenvalue weighted by Crippen LogP contribution is 2.35. The van der Waals surface area contributed by atoms with E-state index in [0.29, 0.717) is 24.6 Å². The molecule has 2 atom stereocenters. The van der Waals surface area contributed by atoms with Gasteiger partial charge in [0, 0.05) is 44.6 Å². The summed E-state index contributed by atoms with van der Waals surface area (Å²) in [4.78, 5) is 51.3. The second kappa shape index (κ2) is 13.6. The Morgan fingerprint density at radius 2 is 1.67 bits per heavy atom. The van der Waals surface area contributed by atoms with E-state index < -0.39 is 53.4 Å². The maximum absolute atomic E-state index is 14.5. The molecule has 9 nitrogen and oxygen atoms in total. The minimum Gasteiger partial charge on any atom is -0.410 e. The Kier molecular flexibility index (Phi) is 9.75. The van der Waals surface area contributed by atoms with E-state index in [1.54, 1.807) is 17.9 Å². The summed E-state index contributed by atoms with van der Waals surface area (Å²) in [5.41, 5.74) is -0.902. The zero-order valence-electron chi connectivity index (χ0n) is 24.5. The fraction of sp³-hybridized carbons (Fsp3) is 0.387. The highest BCUT2D eigenvalue weighted by atomic mass is 35.5. The van der Waals surface area contributed by atoms with Crippen molar-refractivity contribution in [2.75, 3.05) is 32.7 Å². The van der Waals surface area contributed by atoms with E-state index in [1.807, 2.05) is 0 Å². The summed E-state index contributed by atoms with van der Waals surface area (Å²) in [6.07, 6.45) is -3.52. The Bertz CT molecular complexity index is 1580. The van der Waals surface area contributed by atoms with Gasteiger partial charge in [0.25, 0.3) is 5.91 Å². The third-order valence-corrected chi connectivity index (χ3v) is 8.57. The molecule has 2 saturated heterocycles. The van der Waals surface area contributed by atoms with Gasteiger partial charge in [0.15, 0.2) is 5.69 Å². The number of carbonyl (C=O) groups is 3. The number of aromatic nitrogens is 2. The Morgan fingerprint density at radius 3 is 2.26 bits per heavy atom. The first-order valence-corrected chi connectivity index (χ1v) is 14.9. The number of rotatable bonds is 6. The molecule has 3 amide bonds. The molecule has 244 valence electrons. The molecule has 0 spiro atoms. The van der Waals surface area contributed by atoms with Crippen LogP contribution in [-0.2, 0) is 11.0 Å². The molecule has 2 aliphatic heterocycles. The molecule has 2 fully saturated rings. The molecule has 0 radical (unpaired) electrons. The molecule has 3 aromatic rings. The number of benzene rings is 2. The van der Waals surface area contributed by atoms with Crippen molar-refractivity contribution in [2.45, 2.75) is 37.9 Å². The van der Waals surface area contributed by atoms with E-state index in [9.17, 15) is 36.3 Å². The maximum atomic E-state index is 14.5. The van der Waals surface area contributed by atoms with Crippen LogP contribution in [0.1, 0.15) is 47.4 Å². The first-order valence-electron chi connectivity index (χ1n) is 14.5.